The molecule has 180 valence electrons. The number of aromatic nitrogens is 2. The molecule has 0 amide bonds. The first-order valence-electron chi connectivity index (χ1n) is 11.6. The standard InChI is InChI=1S/C28H28N2O5/c1-18-19(2)30-15-14-22-24(33-17-16-32-3)26(35-28(31)21-12-8-5-9-13-21)23(20-10-6-4-7-11-20)34-25(22)27(30)29-18/h4-15,23-24,26H,16-17H2,1-3H3/t23-,24-,26+/m1/s1. The van der Waals surface area contributed by atoms with Crippen LogP contribution >= 0.6 is 0 Å². The second kappa shape index (κ2) is 9.90. The molecular weight excluding hydrogens is 444 g/mol. The summed E-state index contributed by atoms with van der Waals surface area (Å²) in [7, 11) is 1.63. The fraction of sp³-hybridized carbons (Fsp3) is 0.286. The van der Waals surface area contributed by atoms with Crippen molar-refractivity contribution in [3.05, 3.63) is 101 Å². The molecule has 3 atom stereocenters. The van der Waals surface area contributed by atoms with Gasteiger partial charge in [-0.05, 0) is 37.6 Å². The molecule has 0 saturated carbocycles. The monoisotopic (exact) mass is 472 g/mol. The highest BCUT2D eigenvalue weighted by Gasteiger charge is 2.44. The Morgan fingerprint density at radius 1 is 1.00 bits per heavy atom. The summed E-state index contributed by atoms with van der Waals surface area (Å²) < 4.78 is 26.3. The zero-order valence-electron chi connectivity index (χ0n) is 20.0. The highest BCUT2D eigenvalue weighted by molar-refractivity contribution is 5.89. The average Bonchev–Trinajstić information content (AvgIpc) is 3.19. The average molecular weight is 473 g/mol. The number of ether oxygens (including phenoxy) is 4. The molecule has 2 aromatic heterocycles. The highest BCUT2D eigenvalue weighted by atomic mass is 16.6. The molecule has 0 saturated heterocycles. The van der Waals surface area contributed by atoms with Gasteiger partial charge >= 0.3 is 5.97 Å². The molecule has 0 fully saturated rings. The maximum absolute atomic E-state index is 13.2. The fourth-order valence-corrected chi connectivity index (χ4v) is 4.44. The quantitative estimate of drug-likeness (QED) is 0.278. The lowest BCUT2D eigenvalue weighted by molar-refractivity contribution is -0.115. The van der Waals surface area contributed by atoms with Crippen molar-refractivity contribution in [2.24, 2.45) is 0 Å². The Morgan fingerprint density at radius 2 is 1.71 bits per heavy atom. The van der Waals surface area contributed by atoms with E-state index in [4.69, 9.17) is 23.9 Å². The van der Waals surface area contributed by atoms with E-state index in [1.807, 2.05) is 79.0 Å². The number of esters is 1. The van der Waals surface area contributed by atoms with E-state index in [-0.39, 0.29) is 0 Å². The maximum Gasteiger partial charge on any atom is 0.338 e. The lowest BCUT2D eigenvalue weighted by Crippen LogP contribution is -2.40. The molecule has 1 aliphatic heterocycles. The lowest BCUT2D eigenvalue weighted by Gasteiger charge is -2.39. The maximum atomic E-state index is 13.2. The van der Waals surface area contributed by atoms with Crippen molar-refractivity contribution < 1.29 is 23.7 Å². The molecule has 35 heavy (non-hydrogen) atoms. The summed E-state index contributed by atoms with van der Waals surface area (Å²) >= 11 is 0. The van der Waals surface area contributed by atoms with Gasteiger partial charge in [0, 0.05) is 24.6 Å². The first-order valence-corrected chi connectivity index (χ1v) is 11.6. The summed E-state index contributed by atoms with van der Waals surface area (Å²) in [5, 5.41) is 0. The lowest BCUT2D eigenvalue weighted by atomic mass is 9.92. The number of rotatable bonds is 7. The topological polar surface area (TPSA) is 71.3 Å². The molecule has 4 aromatic rings. The fourth-order valence-electron chi connectivity index (χ4n) is 4.44. The van der Waals surface area contributed by atoms with E-state index >= 15 is 0 Å². The Balaban J connectivity index is 1.63. The Morgan fingerprint density at radius 3 is 2.43 bits per heavy atom. The predicted molar refractivity (Wildman–Crippen MR) is 131 cm³/mol. The third-order valence-corrected chi connectivity index (χ3v) is 6.37. The van der Waals surface area contributed by atoms with Crippen LogP contribution in [0.2, 0.25) is 0 Å². The van der Waals surface area contributed by atoms with Crippen LogP contribution in [0.3, 0.4) is 0 Å². The number of aryl methyl sites for hydroxylation is 2. The zero-order valence-corrected chi connectivity index (χ0v) is 20.0. The normalized spacial score (nSPS) is 19.2. The Labute approximate surface area is 204 Å². The van der Waals surface area contributed by atoms with Gasteiger partial charge in [-0.15, -0.1) is 0 Å². The summed E-state index contributed by atoms with van der Waals surface area (Å²) in [6, 6.07) is 20.7. The van der Waals surface area contributed by atoms with Crippen molar-refractivity contribution >= 4 is 11.6 Å². The van der Waals surface area contributed by atoms with Gasteiger partial charge < -0.3 is 23.3 Å². The minimum atomic E-state index is -0.728. The van der Waals surface area contributed by atoms with Crippen molar-refractivity contribution in [3.8, 4) is 5.75 Å². The van der Waals surface area contributed by atoms with E-state index in [1.54, 1.807) is 19.2 Å². The van der Waals surface area contributed by atoms with Gasteiger partial charge in [-0.1, -0.05) is 48.5 Å². The summed E-state index contributed by atoms with van der Waals surface area (Å²) in [6.07, 6.45) is 0.0638. The molecule has 0 radical (unpaired) electrons. The molecule has 1 aliphatic rings. The third kappa shape index (κ3) is 4.40. The number of carbonyl (C=O) groups is 1. The number of pyridine rings is 1. The van der Waals surface area contributed by atoms with Crippen LogP contribution in [-0.4, -0.2) is 41.8 Å². The molecule has 3 heterocycles. The number of fused-ring (bicyclic) bond motifs is 3. The molecule has 7 heteroatoms. The van der Waals surface area contributed by atoms with Crippen LogP contribution in [0.4, 0.5) is 0 Å². The van der Waals surface area contributed by atoms with Crippen LogP contribution in [-0.2, 0) is 14.2 Å². The van der Waals surface area contributed by atoms with E-state index in [0.29, 0.717) is 30.2 Å². The molecular formula is C28H28N2O5. The summed E-state index contributed by atoms with van der Waals surface area (Å²) in [6.45, 7) is 4.74. The van der Waals surface area contributed by atoms with Gasteiger partial charge in [0.25, 0.3) is 0 Å². The SMILES string of the molecule is COCCO[C@@H]1c2ccn3c(C)c(C)nc3c2O[C@H](c2ccccc2)[C@@H]1OC(=O)c1ccccc1. The summed E-state index contributed by atoms with van der Waals surface area (Å²) in [5.41, 5.74) is 4.82. The zero-order chi connectivity index (χ0) is 24.4. The van der Waals surface area contributed by atoms with E-state index in [9.17, 15) is 4.79 Å². The highest BCUT2D eigenvalue weighted by Crippen LogP contribution is 2.46. The second-order valence-corrected chi connectivity index (χ2v) is 8.55. The van der Waals surface area contributed by atoms with Crippen LogP contribution in [0, 0.1) is 13.8 Å². The molecule has 0 spiro atoms. The largest absolute Gasteiger partial charge is 0.477 e. The van der Waals surface area contributed by atoms with Crippen LogP contribution < -0.4 is 4.74 Å². The Bertz CT molecular complexity index is 1320. The van der Waals surface area contributed by atoms with Crippen molar-refractivity contribution in [2.75, 3.05) is 20.3 Å². The molecule has 2 aromatic carbocycles. The van der Waals surface area contributed by atoms with E-state index in [1.165, 1.54) is 0 Å². The summed E-state index contributed by atoms with van der Waals surface area (Å²) in [5.74, 6) is 0.199. The number of methoxy groups -OCH3 is 1. The van der Waals surface area contributed by atoms with Gasteiger partial charge in [-0.2, -0.15) is 0 Å². The molecule has 7 nitrogen and oxygen atoms in total. The Hall–Kier alpha value is -3.68. The molecule has 5 rings (SSSR count). The number of nitrogens with zero attached hydrogens (tertiary/aromatic N) is 2. The third-order valence-electron chi connectivity index (χ3n) is 6.37. The van der Waals surface area contributed by atoms with Crippen LogP contribution in [0.25, 0.3) is 5.65 Å². The van der Waals surface area contributed by atoms with Gasteiger partial charge in [-0.3, -0.25) is 0 Å². The van der Waals surface area contributed by atoms with E-state index in [2.05, 4.69) is 0 Å². The smallest absolute Gasteiger partial charge is 0.338 e. The van der Waals surface area contributed by atoms with Gasteiger partial charge in [0.2, 0.25) is 0 Å². The van der Waals surface area contributed by atoms with Crippen LogP contribution in [0.15, 0.2) is 72.9 Å². The van der Waals surface area contributed by atoms with Crippen molar-refractivity contribution in [3.63, 3.8) is 0 Å². The predicted octanol–water partition coefficient (Wildman–Crippen LogP) is 5.01. The molecule has 0 bridgehead atoms. The van der Waals surface area contributed by atoms with Crippen molar-refractivity contribution in [1.82, 2.24) is 9.38 Å². The first-order chi connectivity index (χ1) is 17.1. The molecule has 0 unspecified atom stereocenters. The van der Waals surface area contributed by atoms with Crippen molar-refractivity contribution in [2.45, 2.75) is 32.2 Å². The molecule has 0 N–H and O–H groups in total. The number of imidazole rings is 1. The van der Waals surface area contributed by atoms with Gasteiger partial charge in [-0.25, -0.2) is 9.78 Å². The first kappa shape index (κ1) is 23.1. The number of hydrogen-bond donors (Lipinski definition) is 0. The van der Waals surface area contributed by atoms with E-state index in [0.717, 1.165) is 22.5 Å². The van der Waals surface area contributed by atoms with Gasteiger partial charge in [0.05, 0.1) is 24.5 Å². The van der Waals surface area contributed by atoms with Crippen molar-refractivity contribution in [1.29, 1.82) is 0 Å². The van der Waals surface area contributed by atoms with Crippen LogP contribution in [0.1, 0.15) is 45.1 Å². The minimum absolute atomic E-state index is 0.333. The Kier molecular flexibility index (Phi) is 6.53. The van der Waals surface area contributed by atoms with E-state index < -0.39 is 24.3 Å². The minimum Gasteiger partial charge on any atom is -0.477 e. The number of benzene rings is 2. The molecule has 0 aliphatic carbocycles. The van der Waals surface area contributed by atoms with Gasteiger partial charge in [0.15, 0.2) is 23.6 Å². The van der Waals surface area contributed by atoms with Gasteiger partial charge in [0.1, 0.15) is 6.10 Å². The summed E-state index contributed by atoms with van der Waals surface area (Å²) in [4.78, 5) is 17.9. The second-order valence-electron chi connectivity index (χ2n) is 8.55. The number of hydrogen-bond acceptors (Lipinski definition) is 6. The van der Waals surface area contributed by atoms with Crippen LogP contribution in [0.5, 0.6) is 5.75 Å². The number of carbonyl (C=O) groups excluding carboxylic acids is 1.